The van der Waals surface area contributed by atoms with Crippen molar-refractivity contribution in [2.75, 3.05) is 20.7 Å². The van der Waals surface area contributed by atoms with Crippen molar-refractivity contribution in [1.82, 2.24) is 4.90 Å². The number of nitrogens with zero attached hydrogens (tertiary/aromatic N) is 1. The topological polar surface area (TPSA) is 38.8 Å². The summed E-state index contributed by atoms with van der Waals surface area (Å²) in [5.74, 6) is 1.91. The van der Waals surface area contributed by atoms with Crippen LogP contribution >= 0.6 is 0 Å². The first-order valence-corrected chi connectivity index (χ1v) is 9.69. The van der Waals surface area contributed by atoms with Crippen LogP contribution in [0.15, 0.2) is 48.5 Å². The second-order valence-corrected chi connectivity index (χ2v) is 7.79. The Morgan fingerprint density at radius 1 is 1.11 bits per heavy atom. The van der Waals surface area contributed by atoms with Gasteiger partial charge in [-0.2, -0.15) is 0 Å². The van der Waals surface area contributed by atoms with Crippen LogP contribution < -0.4 is 9.47 Å². The summed E-state index contributed by atoms with van der Waals surface area (Å²) < 4.78 is 11.7. The highest BCUT2D eigenvalue weighted by Crippen LogP contribution is 2.49. The molecule has 27 heavy (non-hydrogen) atoms. The van der Waals surface area contributed by atoms with Gasteiger partial charge in [0.1, 0.15) is 12.4 Å². The van der Waals surface area contributed by atoms with Gasteiger partial charge in [-0.3, -0.25) is 4.79 Å². The molecule has 0 amide bonds. The molecule has 2 aromatic carbocycles. The van der Waals surface area contributed by atoms with Crippen molar-refractivity contribution in [3.8, 4) is 11.5 Å². The molecular weight excluding hydrogens is 338 g/mol. The van der Waals surface area contributed by atoms with Crippen molar-refractivity contribution in [1.29, 1.82) is 0 Å². The van der Waals surface area contributed by atoms with Gasteiger partial charge >= 0.3 is 0 Å². The van der Waals surface area contributed by atoms with Crippen LogP contribution in [0.5, 0.6) is 11.5 Å². The third-order valence-electron chi connectivity index (χ3n) is 6.33. The second-order valence-electron chi connectivity index (χ2n) is 7.79. The van der Waals surface area contributed by atoms with Crippen LogP contribution in [0, 0.1) is 0 Å². The lowest BCUT2D eigenvalue weighted by Gasteiger charge is -2.41. The van der Waals surface area contributed by atoms with Crippen LogP contribution in [-0.2, 0) is 16.8 Å². The number of ketones is 1. The van der Waals surface area contributed by atoms with E-state index < -0.39 is 0 Å². The van der Waals surface area contributed by atoms with Crippen LogP contribution in [0.3, 0.4) is 0 Å². The molecule has 2 atom stereocenters. The molecule has 0 radical (unpaired) electrons. The summed E-state index contributed by atoms with van der Waals surface area (Å²) >= 11 is 0. The number of rotatable bonds is 5. The molecular formula is C23H27NO3. The summed E-state index contributed by atoms with van der Waals surface area (Å²) in [7, 11) is 3.81. The summed E-state index contributed by atoms with van der Waals surface area (Å²) in [4.78, 5) is 14.4. The minimum absolute atomic E-state index is 0.0415. The van der Waals surface area contributed by atoms with E-state index in [1.54, 1.807) is 7.11 Å². The van der Waals surface area contributed by atoms with E-state index in [1.165, 1.54) is 5.56 Å². The number of hydrogen-bond acceptors (Lipinski definition) is 4. The lowest BCUT2D eigenvalue weighted by molar-refractivity contribution is -0.122. The van der Waals surface area contributed by atoms with Gasteiger partial charge in [0.25, 0.3) is 0 Å². The molecule has 2 aliphatic rings. The van der Waals surface area contributed by atoms with Crippen LogP contribution in [0.1, 0.15) is 36.8 Å². The molecule has 4 rings (SSSR count). The molecule has 0 N–H and O–H groups in total. The minimum Gasteiger partial charge on any atom is -0.493 e. The zero-order valence-corrected chi connectivity index (χ0v) is 16.1. The second kappa shape index (κ2) is 7.35. The first-order valence-electron chi connectivity index (χ1n) is 9.69. The Labute approximate surface area is 161 Å². The van der Waals surface area contributed by atoms with Gasteiger partial charge in [0.2, 0.25) is 0 Å². The summed E-state index contributed by atoms with van der Waals surface area (Å²) in [5, 5.41) is 0. The van der Waals surface area contributed by atoms with Crippen LogP contribution in [-0.4, -0.2) is 37.4 Å². The standard InChI is InChI=1S/C23H27NO3/c1-24-13-12-23(11-10-19(25)15-22(23)24)18-8-9-20(26-2)21(14-18)27-16-17-6-4-3-5-7-17/h3-9,14,22H,10-13,15-16H2,1-2H3. The average molecular weight is 365 g/mol. The van der Waals surface area contributed by atoms with E-state index in [-0.39, 0.29) is 11.5 Å². The molecule has 2 fully saturated rings. The zero-order valence-electron chi connectivity index (χ0n) is 16.1. The lowest BCUT2D eigenvalue weighted by Crippen LogP contribution is -2.46. The van der Waals surface area contributed by atoms with E-state index in [0.717, 1.165) is 36.4 Å². The molecule has 0 spiro atoms. The molecule has 0 bridgehead atoms. The maximum atomic E-state index is 12.1. The van der Waals surface area contributed by atoms with Crippen LogP contribution in [0.25, 0.3) is 0 Å². The monoisotopic (exact) mass is 365 g/mol. The van der Waals surface area contributed by atoms with Gasteiger partial charge in [-0.15, -0.1) is 0 Å². The highest BCUT2D eigenvalue weighted by atomic mass is 16.5. The summed E-state index contributed by atoms with van der Waals surface area (Å²) in [6, 6.07) is 16.8. The fraction of sp³-hybridized carbons (Fsp3) is 0.435. The number of carbonyl (C=O) groups is 1. The number of likely N-dealkylation sites (N-methyl/N-ethyl adjacent to an activating group) is 1. The smallest absolute Gasteiger partial charge is 0.161 e. The molecule has 4 nitrogen and oxygen atoms in total. The maximum Gasteiger partial charge on any atom is 0.161 e. The van der Waals surface area contributed by atoms with E-state index in [1.807, 2.05) is 24.3 Å². The first kappa shape index (κ1) is 18.1. The fourth-order valence-corrected chi connectivity index (χ4v) is 4.76. The lowest BCUT2D eigenvalue weighted by atomic mass is 9.66. The number of hydrogen-bond donors (Lipinski definition) is 0. The highest BCUT2D eigenvalue weighted by molar-refractivity contribution is 5.81. The average Bonchev–Trinajstić information content (AvgIpc) is 3.04. The van der Waals surface area contributed by atoms with Gasteiger partial charge in [-0.25, -0.2) is 0 Å². The van der Waals surface area contributed by atoms with E-state index >= 15 is 0 Å². The van der Waals surface area contributed by atoms with Gasteiger partial charge in [-0.1, -0.05) is 36.4 Å². The molecule has 4 heteroatoms. The number of benzene rings is 2. The summed E-state index contributed by atoms with van der Waals surface area (Å²) in [6.45, 7) is 1.54. The molecule has 1 heterocycles. The van der Waals surface area contributed by atoms with E-state index in [9.17, 15) is 4.79 Å². The normalized spacial score (nSPS) is 25.3. The SMILES string of the molecule is COc1ccc(C23CCC(=O)CC2N(C)CC3)cc1OCc1ccccc1. The van der Waals surface area contributed by atoms with Crippen molar-refractivity contribution in [3.05, 3.63) is 59.7 Å². The molecule has 2 aromatic rings. The quantitative estimate of drug-likeness (QED) is 0.804. The van der Waals surface area contributed by atoms with Gasteiger partial charge in [0.05, 0.1) is 7.11 Å². The first-order chi connectivity index (χ1) is 13.1. The maximum absolute atomic E-state index is 12.1. The third-order valence-corrected chi connectivity index (χ3v) is 6.33. The Bertz CT molecular complexity index is 820. The Morgan fingerprint density at radius 2 is 1.93 bits per heavy atom. The number of carbonyl (C=O) groups excluding carboxylic acids is 1. The number of Topliss-reactive ketones (excluding diaryl/α,β-unsaturated/α-hetero) is 1. The molecule has 1 aliphatic heterocycles. The highest BCUT2D eigenvalue weighted by Gasteiger charge is 2.50. The predicted octanol–water partition coefficient (Wildman–Crippen LogP) is 3.97. The number of ether oxygens (including phenoxy) is 2. The fourth-order valence-electron chi connectivity index (χ4n) is 4.76. The Hall–Kier alpha value is -2.33. The molecule has 0 aromatic heterocycles. The summed E-state index contributed by atoms with van der Waals surface area (Å²) in [6.07, 6.45) is 3.34. The van der Waals surface area contributed by atoms with E-state index in [0.29, 0.717) is 25.2 Å². The third kappa shape index (κ3) is 3.34. The molecule has 1 aliphatic carbocycles. The molecule has 1 saturated carbocycles. The Kier molecular flexibility index (Phi) is 4.92. The van der Waals surface area contributed by atoms with Gasteiger partial charge in [0.15, 0.2) is 11.5 Å². The van der Waals surface area contributed by atoms with Gasteiger partial charge < -0.3 is 14.4 Å². The summed E-state index contributed by atoms with van der Waals surface area (Å²) in [5.41, 5.74) is 2.44. The van der Waals surface area contributed by atoms with E-state index in [2.05, 4.69) is 36.2 Å². The zero-order chi connectivity index (χ0) is 18.9. The van der Waals surface area contributed by atoms with Crippen LogP contribution in [0.2, 0.25) is 0 Å². The van der Waals surface area contributed by atoms with Gasteiger partial charge in [-0.05, 0) is 49.7 Å². The molecule has 142 valence electrons. The van der Waals surface area contributed by atoms with Crippen LogP contribution in [0.4, 0.5) is 0 Å². The van der Waals surface area contributed by atoms with Gasteiger partial charge in [0, 0.05) is 24.3 Å². The Balaban J connectivity index is 1.64. The van der Waals surface area contributed by atoms with E-state index in [4.69, 9.17) is 9.47 Å². The number of likely N-dealkylation sites (tertiary alicyclic amines) is 1. The Morgan fingerprint density at radius 3 is 2.70 bits per heavy atom. The largest absolute Gasteiger partial charge is 0.493 e. The van der Waals surface area contributed by atoms with Crippen molar-refractivity contribution in [2.45, 2.75) is 43.7 Å². The number of fused-ring (bicyclic) bond motifs is 1. The number of methoxy groups -OCH3 is 1. The van der Waals surface area contributed by atoms with Crippen molar-refractivity contribution in [3.63, 3.8) is 0 Å². The van der Waals surface area contributed by atoms with Crippen molar-refractivity contribution >= 4 is 5.78 Å². The molecule has 1 saturated heterocycles. The van der Waals surface area contributed by atoms with Crippen molar-refractivity contribution in [2.24, 2.45) is 0 Å². The molecule has 2 unspecified atom stereocenters. The minimum atomic E-state index is 0.0415. The van der Waals surface area contributed by atoms with Crippen molar-refractivity contribution < 1.29 is 14.3 Å². The predicted molar refractivity (Wildman–Crippen MR) is 105 cm³/mol.